The Morgan fingerprint density at radius 1 is 0.534 bits per heavy atom. The molecule has 0 aliphatic carbocycles. The van der Waals surface area contributed by atoms with Gasteiger partial charge in [0.25, 0.3) is 5.79 Å². The number of hydrogen-bond acceptors (Lipinski definition) is 29. The first kappa shape index (κ1) is 90.7. The molecule has 0 saturated carbocycles. The average molecular weight is 1490 g/mol. The molecule has 2 amide bonds. The monoisotopic (exact) mass is 1490 g/mol. The predicted molar refractivity (Wildman–Crippen MR) is 365 cm³/mol. The highest BCUT2D eigenvalue weighted by Gasteiger charge is 2.61. The van der Waals surface area contributed by atoms with Crippen LogP contribution in [0.25, 0.3) is 0 Å². The normalized spacial score (nSPS) is 34.8. The van der Waals surface area contributed by atoms with Crippen LogP contribution in [0.2, 0.25) is 0 Å². The molecule has 0 spiro atoms. The highest BCUT2D eigenvalue weighted by atomic mass is 16.8. The van der Waals surface area contributed by atoms with Gasteiger partial charge in [0.15, 0.2) is 25.2 Å². The summed E-state index contributed by atoms with van der Waals surface area (Å²) in [7, 11) is 0. The van der Waals surface area contributed by atoms with Crippen molar-refractivity contribution < 1.29 is 149 Å². The number of carboxylic acids is 1. The molecule has 5 aliphatic heterocycles. The fourth-order valence-corrected chi connectivity index (χ4v) is 13.9. The highest BCUT2D eigenvalue weighted by Crippen LogP contribution is 2.41. The molecule has 0 aromatic carbocycles. The standard InChI is InChI=1S/C71H128N2O30/c1-4-6-8-10-12-14-16-18-19-21-23-25-27-29-31-33-52(83)73-43(44(80)32-30-28-26-24-22-20-17-15-13-11-9-7-5-2)41-94-67-61(90)59(88)63(50(39-77)98-67)101-69-62(91)66(103-71(70(92)93)35-45(81)54(72-42(3)79)65(102-71)55(84)46(82)36-74)64(51(40-78)99-69)100-53-34-47(56(85)48(37-75)95-53)96-68-60(89)58(87)57(86)49(38-76)97-68/h30,32,43-51,53-69,74-78,80-82,84-91H,4-29,31,33-41H2,1-3H3,(H,72,79)(H,73,83)(H,92,93)/b32-30+/t43-,44+,45?,46?,47+,48+,49+,50?,51+,53-,54+,55?,56+,57-,58-,59?,60?,61+,62?,63+,64-,65?,66+,67?,68+,69-,71-/m0/s1. The fraction of sp³-hybridized carbons (Fsp3) is 0.930. The topological polar surface area (TPSA) is 511 Å². The number of nitrogens with one attached hydrogen (secondary N) is 2. The van der Waals surface area contributed by atoms with Crippen LogP contribution in [-0.4, -0.2) is 309 Å². The zero-order valence-corrected chi connectivity index (χ0v) is 60.5. The van der Waals surface area contributed by atoms with Crippen LogP contribution in [0.4, 0.5) is 0 Å². The lowest BCUT2D eigenvalue weighted by Crippen LogP contribution is -2.71. The number of amides is 2. The quantitative estimate of drug-likeness (QED) is 0.0278. The number of carbonyl (C=O) groups is 3. The van der Waals surface area contributed by atoms with Crippen molar-refractivity contribution in [2.75, 3.05) is 39.6 Å². The van der Waals surface area contributed by atoms with Crippen molar-refractivity contribution in [1.82, 2.24) is 10.6 Å². The summed E-state index contributed by atoms with van der Waals surface area (Å²) in [6, 6.07) is -2.83. The lowest BCUT2D eigenvalue weighted by Gasteiger charge is -2.52. The van der Waals surface area contributed by atoms with E-state index >= 15 is 0 Å². The molecule has 0 aromatic rings. The summed E-state index contributed by atoms with van der Waals surface area (Å²) in [5.74, 6) is -6.60. The van der Waals surface area contributed by atoms with Crippen molar-refractivity contribution in [1.29, 1.82) is 0 Å². The molecule has 5 saturated heterocycles. The molecule has 5 heterocycles. The van der Waals surface area contributed by atoms with E-state index in [0.29, 0.717) is 12.8 Å². The molecular formula is C71H128N2O30. The molecule has 0 aromatic heterocycles. The molecule has 19 N–H and O–H groups in total. The number of aliphatic carboxylic acids is 1. The Morgan fingerprint density at radius 2 is 1.02 bits per heavy atom. The van der Waals surface area contributed by atoms with Gasteiger partial charge in [-0.25, -0.2) is 4.79 Å². The maximum Gasteiger partial charge on any atom is 0.364 e. The Labute approximate surface area is 605 Å². The van der Waals surface area contributed by atoms with Gasteiger partial charge in [0.2, 0.25) is 11.8 Å². The minimum absolute atomic E-state index is 0.151. The van der Waals surface area contributed by atoms with Crippen LogP contribution in [0, 0.1) is 0 Å². The molecule has 0 bridgehead atoms. The van der Waals surface area contributed by atoms with Gasteiger partial charge in [-0.1, -0.05) is 180 Å². The summed E-state index contributed by atoms with van der Waals surface area (Å²) in [6.45, 7) is -0.245. The van der Waals surface area contributed by atoms with E-state index in [0.717, 1.165) is 58.3 Å². The summed E-state index contributed by atoms with van der Waals surface area (Å²) in [5.41, 5.74) is 0. The number of aliphatic hydroxyl groups is 16. The number of rotatable bonds is 51. The minimum atomic E-state index is -3.29. The second-order valence-electron chi connectivity index (χ2n) is 28.4. The SMILES string of the molecule is CCCCCCCCCCCCC/C=C/[C@@H](O)[C@H](COC1OC(CO)[C@@H](O[C@@H]2O[C@H](CO)[C@H](O[C@H]3C[C@@H](O[C@@H]4O[C@H](CO)[C@H](O)[C@H](O)C4O)[C@@H](O)[C@@H](CO)O3)[C@H](O[C@]3(C(=O)O)CC(O)[C@@H](NC(C)=O)C(C(O)C(O)CO)O3)C2O)C(O)[C@H]1O)NC(=O)CCCCCCCCCCCCCCCCC. The molecule has 32 heteroatoms. The van der Waals surface area contributed by atoms with Crippen molar-refractivity contribution in [2.24, 2.45) is 0 Å². The van der Waals surface area contributed by atoms with Gasteiger partial charge in [-0.2, -0.15) is 0 Å². The first-order valence-electron chi connectivity index (χ1n) is 38.0. The van der Waals surface area contributed by atoms with Crippen LogP contribution in [0.5, 0.6) is 0 Å². The molecule has 5 fully saturated rings. The van der Waals surface area contributed by atoms with E-state index in [1.54, 1.807) is 6.08 Å². The molecule has 27 atom stereocenters. The number of unbranched alkanes of at least 4 members (excludes halogenated alkanes) is 25. The molecular weight excluding hydrogens is 1360 g/mol. The Kier molecular flexibility index (Phi) is 42.8. The van der Waals surface area contributed by atoms with Crippen LogP contribution >= 0.6 is 0 Å². The molecule has 5 rings (SSSR count). The summed E-state index contributed by atoms with van der Waals surface area (Å²) >= 11 is 0. The Hall–Kier alpha value is -2.89. The number of hydrogen-bond donors (Lipinski definition) is 19. The van der Waals surface area contributed by atoms with E-state index in [9.17, 15) is 101 Å². The molecule has 5 aliphatic rings. The van der Waals surface area contributed by atoms with Crippen molar-refractivity contribution in [2.45, 2.75) is 379 Å². The van der Waals surface area contributed by atoms with Gasteiger partial charge in [0.05, 0.1) is 70.0 Å². The molecule has 9 unspecified atom stereocenters. The van der Waals surface area contributed by atoms with Crippen molar-refractivity contribution >= 4 is 17.8 Å². The van der Waals surface area contributed by atoms with Crippen molar-refractivity contribution in [3.63, 3.8) is 0 Å². The van der Waals surface area contributed by atoms with Crippen LogP contribution in [0.3, 0.4) is 0 Å². The molecule has 602 valence electrons. The second-order valence-corrected chi connectivity index (χ2v) is 28.4. The van der Waals surface area contributed by atoms with E-state index in [2.05, 4.69) is 24.5 Å². The van der Waals surface area contributed by atoms with Gasteiger partial charge in [0.1, 0.15) is 104 Å². The highest BCUT2D eigenvalue weighted by molar-refractivity contribution is 5.77. The number of ether oxygens (including phenoxy) is 10. The summed E-state index contributed by atoms with van der Waals surface area (Å²) < 4.78 is 59.6. The third kappa shape index (κ3) is 28.5. The predicted octanol–water partition coefficient (Wildman–Crippen LogP) is -0.157. The largest absolute Gasteiger partial charge is 0.477 e. The number of carbonyl (C=O) groups excluding carboxylic acids is 2. The maximum absolute atomic E-state index is 13.7. The van der Waals surface area contributed by atoms with Gasteiger partial charge in [-0.05, 0) is 19.3 Å². The summed E-state index contributed by atoms with van der Waals surface area (Å²) in [4.78, 5) is 39.7. The van der Waals surface area contributed by atoms with Gasteiger partial charge in [-0.3, -0.25) is 9.59 Å². The first-order valence-corrected chi connectivity index (χ1v) is 38.0. The zero-order chi connectivity index (χ0) is 75.6. The number of aliphatic hydroxyl groups excluding tert-OH is 16. The Bertz CT molecular complexity index is 2340. The number of allylic oxidation sites excluding steroid dienone is 1. The van der Waals surface area contributed by atoms with E-state index in [-0.39, 0.29) is 12.3 Å². The van der Waals surface area contributed by atoms with Gasteiger partial charge in [0, 0.05) is 26.2 Å². The Balaban J connectivity index is 1.34. The van der Waals surface area contributed by atoms with E-state index in [1.807, 2.05) is 6.08 Å². The maximum atomic E-state index is 13.7. The number of carboxylic acid groups (broad SMARTS) is 1. The van der Waals surface area contributed by atoms with E-state index in [4.69, 9.17) is 47.4 Å². The molecule has 0 radical (unpaired) electrons. The van der Waals surface area contributed by atoms with E-state index < -0.39 is 229 Å². The van der Waals surface area contributed by atoms with Crippen molar-refractivity contribution in [3.05, 3.63) is 12.2 Å². The summed E-state index contributed by atoms with van der Waals surface area (Å²) in [6.07, 6.45) is -14.2. The van der Waals surface area contributed by atoms with Crippen molar-refractivity contribution in [3.8, 4) is 0 Å². The van der Waals surface area contributed by atoms with Crippen LogP contribution in [-0.2, 0) is 61.8 Å². The van der Waals surface area contributed by atoms with Gasteiger partial charge >= 0.3 is 5.97 Å². The fourth-order valence-electron chi connectivity index (χ4n) is 13.9. The van der Waals surface area contributed by atoms with Gasteiger partial charge < -0.3 is 145 Å². The lowest BCUT2D eigenvalue weighted by molar-refractivity contribution is -0.401. The van der Waals surface area contributed by atoms with E-state index in [1.165, 1.54) is 109 Å². The van der Waals surface area contributed by atoms with Gasteiger partial charge in [-0.15, -0.1) is 0 Å². The van der Waals surface area contributed by atoms with Crippen LogP contribution < -0.4 is 10.6 Å². The third-order valence-corrected chi connectivity index (χ3v) is 20.1. The zero-order valence-electron chi connectivity index (χ0n) is 60.5. The molecule has 32 nitrogen and oxygen atoms in total. The minimum Gasteiger partial charge on any atom is -0.477 e. The first-order chi connectivity index (χ1) is 49.4. The summed E-state index contributed by atoms with van der Waals surface area (Å²) in [5, 5.41) is 193. The smallest absolute Gasteiger partial charge is 0.364 e. The Morgan fingerprint density at radius 3 is 1.54 bits per heavy atom. The average Bonchev–Trinajstić information content (AvgIpc) is 0.750. The molecule has 103 heavy (non-hydrogen) atoms. The van der Waals surface area contributed by atoms with Crippen LogP contribution in [0.15, 0.2) is 12.2 Å². The third-order valence-electron chi connectivity index (χ3n) is 20.1. The lowest BCUT2D eigenvalue weighted by atomic mass is 9.88. The van der Waals surface area contributed by atoms with Crippen LogP contribution in [0.1, 0.15) is 213 Å². The second kappa shape index (κ2) is 48.6.